The number of nitrogens with one attached hydrogen (secondary N) is 3. The maximum absolute atomic E-state index is 12.7. The topological polar surface area (TPSA) is 96.5 Å². The summed E-state index contributed by atoms with van der Waals surface area (Å²) in [5.41, 5.74) is 0.630. The highest BCUT2D eigenvalue weighted by Gasteiger charge is 2.25. The van der Waals surface area contributed by atoms with E-state index in [1.807, 2.05) is 6.92 Å². The molecule has 1 aromatic rings. The summed E-state index contributed by atoms with van der Waals surface area (Å²) < 4.78 is 33.4. The molecule has 1 saturated heterocycles. The SMILES string of the molecule is CCC(=O)NCc1cc(S(=O)(=O)NC2CCNC(C)C2)ccc1OC.Cl. The second kappa shape index (κ2) is 10.1. The van der Waals surface area contributed by atoms with Crippen LogP contribution in [0.25, 0.3) is 0 Å². The normalized spacial score (nSPS) is 20.1. The van der Waals surface area contributed by atoms with Crippen LogP contribution in [0.2, 0.25) is 0 Å². The van der Waals surface area contributed by atoms with E-state index in [4.69, 9.17) is 4.74 Å². The Morgan fingerprint density at radius 2 is 2.12 bits per heavy atom. The van der Waals surface area contributed by atoms with Crippen LogP contribution >= 0.6 is 12.4 Å². The maximum atomic E-state index is 12.7. The monoisotopic (exact) mass is 405 g/mol. The second-order valence-electron chi connectivity index (χ2n) is 6.30. The number of rotatable bonds is 7. The molecule has 2 rings (SSSR count). The number of benzene rings is 1. The van der Waals surface area contributed by atoms with Crippen molar-refractivity contribution in [3.8, 4) is 5.75 Å². The van der Waals surface area contributed by atoms with Crippen LogP contribution < -0.4 is 20.1 Å². The zero-order valence-electron chi connectivity index (χ0n) is 15.4. The minimum atomic E-state index is -3.62. The fraction of sp³-hybridized carbons (Fsp3) is 0.588. The Hall–Kier alpha value is -1.35. The molecule has 0 spiro atoms. The van der Waals surface area contributed by atoms with Crippen molar-refractivity contribution in [2.75, 3.05) is 13.7 Å². The van der Waals surface area contributed by atoms with E-state index in [1.54, 1.807) is 19.1 Å². The molecule has 1 aliphatic rings. The minimum absolute atomic E-state index is 0. The van der Waals surface area contributed by atoms with Crippen molar-refractivity contribution in [1.82, 2.24) is 15.4 Å². The van der Waals surface area contributed by atoms with Gasteiger partial charge in [0.1, 0.15) is 5.75 Å². The summed E-state index contributed by atoms with van der Waals surface area (Å²) in [5, 5.41) is 6.05. The quantitative estimate of drug-likeness (QED) is 0.639. The van der Waals surface area contributed by atoms with Crippen LogP contribution in [0.15, 0.2) is 23.1 Å². The number of hydrogen-bond acceptors (Lipinski definition) is 5. The van der Waals surface area contributed by atoms with Crippen molar-refractivity contribution in [2.45, 2.75) is 56.6 Å². The van der Waals surface area contributed by atoms with E-state index >= 15 is 0 Å². The average molecular weight is 406 g/mol. The minimum Gasteiger partial charge on any atom is -0.496 e. The number of hydrogen-bond donors (Lipinski definition) is 3. The predicted molar refractivity (Wildman–Crippen MR) is 103 cm³/mol. The lowest BCUT2D eigenvalue weighted by atomic mass is 10.0. The molecule has 1 fully saturated rings. The van der Waals surface area contributed by atoms with Crippen LogP contribution in [0, 0.1) is 0 Å². The molecule has 0 aliphatic carbocycles. The first-order valence-electron chi connectivity index (χ1n) is 8.55. The van der Waals surface area contributed by atoms with Gasteiger partial charge in [0.15, 0.2) is 0 Å². The Labute approximate surface area is 161 Å². The Morgan fingerprint density at radius 3 is 2.73 bits per heavy atom. The molecule has 1 aromatic carbocycles. The lowest BCUT2D eigenvalue weighted by molar-refractivity contribution is -0.120. The fourth-order valence-electron chi connectivity index (χ4n) is 2.91. The number of carbonyl (C=O) groups excluding carboxylic acids is 1. The summed E-state index contributed by atoms with van der Waals surface area (Å²) >= 11 is 0. The third kappa shape index (κ3) is 6.12. The summed E-state index contributed by atoms with van der Waals surface area (Å²) in [6.45, 7) is 4.83. The van der Waals surface area contributed by atoms with Crippen LogP contribution in [0.4, 0.5) is 0 Å². The molecule has 2 atom stereocenters. The van der Waals surface area contributed by atoms with Crippen LogP contribution in [0.1, 0.15) is 38.7 Å². The number of sulfonamides is 1. The molecular formula is C17H28ClN3O4S. The Morgan fingerprint density at radius 1 is 1.38 bits per heavy atom. The fourth-order valence-corrected chi connectivity index (χ4v) is 4.24. The zero-order valence-corrected chi connectivity index (χ0v) is 17.0. The average Bonchev–Trinajstić information content (AvgIpc) is 2.58. The molecule has 0 bridgehead atoms. The summed E-state index contributed by atoms with van der Waals surface area (Å²) in [6.07, 6.45) is 1.89. The molecule has 3 N–H and O–H groups in total. The first kappa shape index (κ1) is 22.7. The largest absolute Gasteiger partial charge is 0.496 e. The molecule has 7 nitrogen and oxygen atoms in total. The van der Waals surface area contributed by atoms with E-state index in [-0.39, 0.29) is 41.8 Å². The third-order valence-corrected chi connectivity index (χ3v) is 5.82. The van der Waals surface area contributed by atoms with E-state index < -0.39 is 10.0 Å². The van der Waals surface area contributed by atoms with Crippen LogP contribution in [0.3, 0.4) is 0 Å². The molecule has 0 saturated carbocycles. The van der Waals surface area contributed by atoms with Gasteiger partial charge < -0.3 is 15.4 Å². The summed E-state index contributed by atoms with van der Waals surface area (Å²) in [7, 11) is -2.10. The highest BCUT2D eigenvalue weighted by Crippen LogP contribution is 2.23. The van der Waals surface area contributed by atoms with E-state index in [0.29, 0.717) is 17.7 Å². The molecule has 9 heteroatoms. The molecule has 1 amide bonds. The lowest BCUT2D eigenvalue weighted by Crippen LogP contribution is -2.46. The van der Waals surface area contributed by atoms with E-state index in [0.717, 1.165) is 19.4 Å². The Balaban J connectivity index is 0.00000338. The molecular weight excluding hydrogens is 378 g/mol. The second-order valence-corrected chi connectivity index (χ2v) is 8.02. The molecule has 26 heavy (non-hydrogen) atoms. The van der Waals surface area contributed by atoms with Gasteiger partial charge in [0.2, 0.25) is 15.9 Å². The Bertz CT molecular complexity index is 712. The van der Waals surface area contributed by atoms with Gasteiger partial charge in [-0.25, -0.2) is 13.1 Å². The maximum Gasteiger partial charge on any atom is 0.240 e. The molecule has 2 unspecified atom stereocenters. The zero-order chi connectivity index (χ0) is 18.4. The highest BCUT2D eigenvalue weighted by molar-refractivity contribution is 7.89. The first-order chi connectivity index (χ1) is 11.9. The standard InChI is InChI=1S/C17H27N3O4S.ClH/c1-4-17(21)19-11-13-10-15(5-6-16(13)24-3)25(22,23)20-14-7-8-18-12(2)9-14;/h5-6,10,12,14,18,20H,4,7-9,11H2,1-3H3,(H,19,21);1H. The molecule has 0 aromatic heterocycles. The summed E-state index contributed by atoms with van der Waals surface area (Å²) in [4.78, 5) is 11.7. The van der Waals surface area contributed by atoms with Gasteiger partial charge in [-0.1, -0.05) is 6.92 Å². The number of ether oxygens (including phenoxy) is 1. The van der Waals surface area contributed by atoms with Gasteiger partial charge in [0, 0.05) is 30.6 Å². The van der Waals surface area contributed by atoms with Gasteiger partial charge in [-0.15, -0.1) is 12.4 Å². The van der Waals surface area contributed by atoms with Crippen LogP contribution in [0.5, 0.6) is 5.75 Å². The van der Waals surface area contributed by atoms with Gasteiger partial charge in [-0.2, -0.15) is 0 Å². The molecule has 1 heterocycles. The molecule has 148 valence electrons. The van der Waals surface area contributed by atoms with Crippen molar-refractivity contribution >= 4 is 28.3 Å². The van der Waals surface area contributed by atoms with Crippen LogP contribution in [-0.4, -0.2) is 40.1 Å². The third-order valence-electron chi connectivity index (χ3n) is 4.30. The summed E-state index contributed by atoms with van der Waals surface area (Å²) in [6, 6.07) is 4.91. The number of amides is 1. The van der Waals surface area contributed by atoms with E-state index in [2.05, 4.69) is 15.4 Å². The van der Waals surface area contributed by atoms with Crippen molar-refractivity contribution in [3.05, 3.63) is 23.8 Å². The van der Waals surface area contributed by atoms with Gasteiger partial charge >= 0.3 is 0 Å². The van der Waals surface area contributed by atoms with Crippen molar-refractivity contribution in [3.63, 3.8) is 0 Å². The smallest absolute Gasteiger partial charge is 0.240 e. The highest BCUT2D eigenvalue weighted by atomic mass is 35.5. The van der Waals surface area contributed by atoms with Gasteiger partial charge in [0.25, 0.3) is 0 Å². The van der Waals surface area contributed by atoms with E-state index in [9.17, 15) is 13.2 Å². The molecule has 0 radical (unpaired) electrons. The van der Waals surface area contributed by atoms with Gasteiger partial charge in [-0.3, -0.25) is 4.79 Å². The first-order valence-corrected chi connectivity index (χ1v) is 10.0. The van der Waals surface area contributed by atoms with Crippen molar-refractivity contribution < 1.29 is 17.9 Å². The number of halogens is 1. The van der Waals surface area contributed by atoms with Crippen LogP contribution in [-0.2, 0) is 21.4 Å². The summed E-state index contributed by atoms with van der Waals surface area (Å²) in [5.74, 6) is 0.447. The predicted octanol–water partition coefficient (Wildman–Crippen LogP) is 1.56. The molecule has 1 aliphatic heterocycles. The number of carbonyl (C=O) groups is 1. The number of piperidine rings is 1. The Kier molecular flexibility index (Phi) is 8.82. The van der Waals surface area contributed by atoms with Gasteiger partial charge in [-0.05, 0) is 44.5 Å². The van der Waals surface area contributed by atoms with E-state index in [1.165, 1.54) is 13.2 Å². The lowest BCUT2D eigenvalue weighted by Gasteiger charge is -2.28. The van der Waals surface area contributed by atoms with Crippen molar-refractivity contribution in [2.24, 2.45) is 0 Å². The number of methoxy groups -OCH3 is 1. The van der Waals surface area contributed by atoms with Gasteiger partial charge in [0.05, 0.1) is 12.0 Å². The van der Waals surface area contributed by atoms with Crippen molar-refractivity contribution in [1.29, 1.82) is 0 Å².